The lowest BCUT2D eigenvalue weighted by atomic mass is 10.2. The third-order valence-corrected chi connectivity index (χ3v) is 5.57. The molecule has 1 heterocycles. The Morgan fingerprint density at radius 2 is 1.79 bits per heavy atom. The normalized spacial score (nSPS) is 10.7. The summed E-state index contributed by atoms with van der Waals surface area (Å²) in [6.07, 6.45) is 0. The molecule has 2 amide bonds. The fourth-order valence-corrected chi connectivity index (χ4v) is 4.10. The van der Waals surface area contributed by atoms with E-state index in [1.54, 1.807) is 6.07 Å². The molecule has 0 saturated carbocycles. The van der Waals surface area contributed by atoms with Gasteiger partial charge in [-0.25, -0.2) is 4.98 Å². The molecule has 144 valence electrons. The molecule has 7 heteroatoms. The molecule has 0 unspecified atom stereocenters. The van der Waals surface area contributed by atoms with Crippen LogP contribution in [-0.4, -0.2) is 28.6 Å². The second-order valence-electron chi connectivity index (χ2n) is 6.37. The van der Waals surface area contributed by atoms with E-state index in [0.717, 1.165) is 16.2 Å². The van der Waals surface area contributed by atoms with E-state index in [1.165, 1.54) is 23.1 Å². The van der Waals surface area contributed by atoms with E-state index < -0.39 is 0 Å². The van der Waals surface area contributed by atoms with Crippen LogP contribution in [0, 0.1) is 0 Å². The van der Waals surface area contributed by atoms with E-state index in [1.807, 2.05) is 67.8 Å². The second kappa shape index (κ2) is 9.52. The molecule has 2 aromatic carbocycles. The van der Waals surface area contributed by atoms with Crippen molar-refractivity contribution < 1.29 is 9.59 Å². The average Bonchev–Trinajstić information content (AvgIpc) is 3.15. The van der Waals surface area contributed by atoms with Crippen LogP contribution in [0.15, 0.2) is 64.9 Å². The molecule has 3 aromatic rings. The first-order valence-electron chi connectivity index (χ1n) is 8.86. The number of nitrogens with one attached hydrogen (secondary N) is 2. The third-order valence-electron chi connectivity index (χ3n) is 3.73. The Morgan fingerprint density at radius 3 is 2.54 bits per heavy atom. The van der Waals surface area contributed by atoms with Crippen molar-refractivity contribution in [2.45, 2.75) is 24.8 Å². The molecule has 0 saturated heterocycles. The molecule has 0 bridgehead atoms. The SMILES string of the molecule is CC(C)NC(=O)CSc1ccccc1C(=O)Nc1nc(-c2ccccc2)cs1. The molecule has 0 spiro atoms. The number of benzene rings is 2. The summed E-state index contributed by atoms with van der Waals surface area (Å²) in [5.74, 6) is -0.0262. The van der Waals surface area contributed by atoms with Gasteiger partial charge in [-0.05, 0) is 26.0 Å². The summed E-state index contributed by atoms with van der Waals surface area (Å²) in [4.78, 5) is 29.9. The summed E-state index contributed by atoms with van der Waals surface area (Å²) >= 11 is 2.73. The Bertz CT molecular complexity index is 955. The van der Waals surface area contributed by atoms with Gasteiger partial charge in [-0.15, -0.1) is 23.1 Å². The van der Waals surface area contributed by atoms with Gasteiger partial charge in [0.25, 0.3) is 5.91 Å². The molecule has 0 atom stereocenters. The van der Waals surface area contributed by atoms with Gasteiger partial charge in [0.15, 0.2) is 5.13 Å². The summed E-state index contributed by atoms with van der Waals surface area (Å²) in [6, 6.07) is 17.2. The number of amides is 2. The van der Waals surface area contributed by atoms with Crippen LogP contribution in [-0.2, 0) is 4.79 Å². The molecule has 0 aliphatic carbocycles. The minimum Gasteiger partial charge on any atom is -0.353 e. The highest BCUT2D eigenvalue weighted by Crippen LogP contribution is 2.27. The van der Waals surface area contributed by atoms with E-state index in [2.05, 4.69) is 15.6 Å². The van der Waals surface area contributed by atoms with Gasteiger partial charge in [0.05, 0.1) is 17.0 Å². The summed E-state index contributed by atoms with van der Waals surface area (Å²) in [5.41, 5.74) is 2.36. The Kier molecular flexibility index (Phi) is 6.84. The van der Waals surface area contributed by atoms with Gasteiger partial charge in [-0.3, -0.25) is 14.9 Å². The number of thioether (sulfide) groups is 1. The van der Waals surface area contributed by atoms with Crippen LogP contribution >= 0.6 is 23.1 Å². The number of carbonyl (C=O) groups is 2. The Balaban J connectivity index is 1.68. The molecule has 28 heavy (non-hydrogen) atoms. The number of thiazole rings is 1. The first kappa shape index (κ1) is 20.1. The summed E-state index contributed by atoms with van der Waals surface area (Å²) in [5, 5.41) is 8.18. The number of hydrogen-bond acceptors (Lipinski definition) is 5. The van der Waals surface area contributed by atoms with E-state index >= 15 is 0 Å². The van der Waals surface area contributed by atoms with Crippen LogP contribution in [0.5, 0.6) is 0 Å². The summed E-state index contributed by atoms with van der Waals surface area (Å²) in [6.45, 7) is 3.84. The van der Waals surface area contributed by atoms with Gasteiger partial charge in [0.2, 0.25) is 5.91 Å². The minimum absolute atomic E-state index is 0.0531. The van der Waals surface area contributed by atoms with Crippen LogP contribution in [0.4, 0.5) is 5.13 Å². The van der Waals surface area contributed by atoms with Crippen molar-refractivity contribution in [3.05, 3.63) is 65.5 Å². The molecule has 0 radical (unpaired) electrons. The number of hydrogen-bond donors (Lipinski definition) is 2. The van der Waals surface area contributed by atoms with Crippen LogP contribution in [0.25, 0.3) is 11.3 Å². The fourth-order valence-electron chi connectivity index (χ4n) is 2.52. The standard InChI is InChI=1S/C21H21N3O2S2/c1-14(2)22-19(25)13-27-18-11-7-6-10-16(18)20(26)24-21-23-17(12-28-21)15-8-4-3-5-9-15/h3-12,14H,13H2,1-2H3,(H,22,25)(H,23,24,26). The molecular formula is C21H21N3O2S2. The number of anilines is 1. The molecule has 0 fully saturated rings. The quantitative estimate of drug-likeness (QED) is 0.554. The van der Waals surface area contributed by atoms with E-state index in [-0.39, 0.29) is 23.6 Å². The molecule has 2 N–H and O–H groups in total. The summed E-state index contributed by atoms with van der Waals surface area (Å²) < 4.78 is 0. The Labute approximate surface area is 172 Å². The average molecular weight is 412 g/mol. The van der Waals surface area contributed by atoms with Crippen LogP contribution in [0.2, 0.25) is 0 Å². The topological polar surface area (TPSA) is 71.1 Å². The monoisotopic (exact) mass is 411 g/mol. The van der Waals surface area contributed by atoms with Crippen LogP contribution < -0.4 is 10.6 Å². The predicted molar refractivity (Wildman–Crippen MR) is 116 cm³/mol. The first-order chi connectivity index (χ1) is 13.5. The second-order valence-corrected chi connectivity index (χ2v) is 8.24. The van der Waals surface area contributed by atoms with E-state index in [0.29, 0.717) is 10.7 Å². The van der Waals surface area contributed by atoms with Crippen molar-refractivity contribution in [2.24, 2.45) is 0 Å². The lowest BCUT2D eigenvalue weighted by molar-refractivity contribution is -0.119. The Morgan fingerprint density at radius 1 is 1.07 bits per heavy atom. The highest BCUT2D eigenvalue weighted by atomic mass is 32.2. The number of nitrogens with zero attached hydrogens (tertiary/aromatic N) is 1. The van der Waals surface area contributed by atoms with E-state index in [4.69, 9.17) is 0 Å². The van der Waals surface area contributed by atoms with Crippen molar-refractivity contribution in [3.63, 3.8) is 0 Å². The maximum absolute atomic E-state index is 12.7. The third kappa shape index (κ3) is 5.43. The molecule has 0 aliphatic rings. The van der Waals surface area contributed by atoms with Gasteiger partial charge < -0.3 is 5.32 Å². The van der Waals surface area contributed by atoms with Crippen molar-refractivity contribution in [2.75, 3.05) is 11.1 Å². The molecule has 1 aromatic heterocycles. The van der Waals surface area contributed by atoms with Crippen molar-refractivity contribution >= 4 is 40.0 Å². The number of aromatic nitrogens is 1. The zero-order valence-electron chi connectivity index (χ0n) is 15.6. The smallest absolute Gasteiger partial charge is 0.258 e. The summed E-state index contributed by atoms with van der Waals surface area (Å²) in [7, 11) is 0. The van der Waals surface area contributed by atoms with Gasteiger partial charge in [0, 0.05) is 21.9 Å². The van der Waals surface area contributed by atoms with Gasteiger partial charge in [0.1, 0.15) is 0 Å². The minimum atomic E-state index is -0.235. The van der Waals surface area contributed by atoms with E-state index in [9.17, 15) is 9.59 Å². The van der Waals surface area contributed by atoms with Crippen molar-refractivity contribution in [1.82, 2.24) is 10.3 Å². The number of rotatable bonds is 7. The van der Waals surface area contributed by atoms with Crippen LogP contribution in [0.3, 0.4) is 0 Å². The van der Waals surface area contributed by atoms with Crippen molar-refractivity contribution in [1.29, 1.82) is 0 Å². The first-order valence-corrected chi connectivity index (χ1v) is 10.7. The molecule has 0 aliphatic heterocycles. The highest BCUT2D eigenvalue weighted by Gasteiger charge is 2.15. The van der Waals surface area contributed by atoms with Crippen LogP contribution in [0.1, 0.15) is 24.2 Å². The number of carbonyl (C=O) groups excluding carboxylic acids is 2. The van der Waals surface area contributed by atoms with Gasteiger partial charge in [-0.1, -0.05) is 42.5 Å². The molecular weight excluding hydrogens is 390 g/mol. The molecule has 5 nitrogen and oxygen atoms in total. The maximum atomic E-state index is 12.7. The molecule has 3 rings (SSSR count). The highest BCUT2D eigenvalue weighted by molar-refractivity contribution is 8.00. The zero-order chi connectivity index (χ0) is 19.9. The fraction of sp³-hybridized carbons (Fsp3) is 0.190. The Hall–Kier alpha value is -2.64. The lowest BCUT2D eigenvalue weighted by Gasteiger charge is -2.10. The zero-order valence-corrected chi connectivity index (χ0v) is 17.3. The van der Waals surface area contributed by atoms with Gasteiger partial charge >= 0.3 is 0 Å². The van der Waals surface area contributed by atoms with Gasteiger partial charge in [-0.2, -0.15) is 0 Å². The maximum Gasteiger partial charge on any atom is 0.258 e. The predicted octanol–water partition coefficient (Wildman–Crippen LogP) is 4.68. The lowest BCUT2D eigenvalue weighted by Crippen LogP contribution is -2.31. The van der Waals surface area contributed by atoms with Crippen molar-refractivity contribution in [3.8, 4) is 11.3 Å². The largest absolute Gasteiger partial charge is 0.353 e.